The average Bonchev–Trinajstić information content (AvgIpc) is 3.55. The van der Waals surface area contributed by atoms with Gasteiger partial charge < -0.3 is 19.7 Å². The number of nitrogens with one attached hydrogen (secondary N) is 1. The molecule has 1 amide bonds. The van der Waals surface area contributed by atoms with Crippen LogP contribution in [0.25, 0.3) is 22.3 Å². The van der Waals surface area contributed by atoms with Crippen LogP contribution in [0.2, 0.25) is 0 Å². The number of likely N-dealkylation sites (tertiary alicyclic amines) is 1. The monoisotopic (exact) mass is 577 g/mol. The van der Waals surface area contributed by atoms with Crippen molar-refractivity contribution in [1.82, 2.24) is 24.4 Å². The second-order valence-electron chi connectivity index (χ2n) is 11.7. The molecule has 0 bridgehead atoms. The van der Waals surface area contributed by atoms with E-state index in [1.807, 2.05) is 36.6 Å². The number of benzene rings is 1. The Bertz CT molecular complexity index is 2090. The van der Waals surface area contributed by atoms with Gasteiger partial charge in [-0.25, -0.2) is 14.4 Å². The molecule has 2 aliphatic heterocycles. The molecule has 1 aliphatic carbocycles. The Hall–Kier alpha value is -3.85. The number of rotatable bonds is 6. The molecule has 0 radical (unpaired) electrons. The zero-order chi connectivity index (χ0) is 38.1. The van der Waals surface area contributed by atoms with Gasteiger partial charge in [0, 0.05) is 49.3 Å². The van der Waals surface area contributed by atoms with E-state index in [2.05, 4.69) is 15.3 Å². The van der Waals surface area contributed by atoms with E-state index < -0.39 is 55.4 Å². The number of hydrogen-bond donors (Lipinski definition) is 1. The first kappa shape index (κ1) is 18.0. The maximum atomic E-state index is 14.7. The van der Waals surface area contributed by atoms with Crippen molar-refractivity contribution in [2.24, 2.45) is 0 Å². The lowest BCUT2D eigenvalue weighted by molar-refractivity contribution is -0.123. The zero-order valence-corrected chi connectivity index (χ0v) is 23.7. The van der Waals surface area contributed by atoms with Gasteiger partial charge in [-0.15, -0.1) is 0 Å². The summed E-state index contributed by atoms with van der Waals surface area (Å²) in [6, 6.07) is 7.18. The Balaban J connectivity index is 1.26. The molecule has 1 saturated heterocycles. The van der Waals surface area contributed by atoms with E-state index in [0.29, 0.717) is 38.7 Å². The van der Waals surface area contributed by atoms with Gasteiger partial charge in [-0.2, -0.15) is 0 Å². The van der Waals surface area contributed by atoms with E-state index >= 15 is 0 Å². The fourth-order valence-corrected chi connectivity index (χ4v) is 6.00. The first-order chi connectivity index (χ1) is 24.0. The van der Waals surface area contributed by atoms with Gasteiger partial charge in [0.2, 0.25) is 5.91 Å². The lowest BCUT2D eigenvalue weighted by Gasteiger charge is -2.48. The minimum Gasteiger partial charge on any atom is -0.336 e. The van der Waals surface area contributed by atoms with E-state index in [1.165, 1.54) is 12.3 Å². The molecule has 4 aromatic rings. The first-order valence-corrected chi connectivity index (χ1v) is 14.0. The fourth-order valence-electron chi connectivity index (χ4n) is 6.00. The second-order valence-corrected chi connectivity index (χ2v) is 11.7. The summed E-state index contributed by atoms with van der Waals surface area (Å²) in [5.74, 6) is -0.458. The van der Waals surface area contributed by atoms with Crippen LogP contribution in [0.1, 0.15) is 85.0 Å². The number of pyridine rings is 2. The Kier molecular flexibility index (Phi) is 4.34. The maximum Gasteiger partial charge on any atom is 0.237 e. The van der Waals surface area contributed by atoms with Crippen LogP contribution >= 0.6 is 0 Å². The number of piperidine rings is 1. The topological polar surface area (TPSA) is 79.2 Å². The van der Waals surface area contributed by atoms with Crippen LogP contribution in [0.5, 0.6) is 0 Å². The quantitative estimate of drug-likeness (QED) is 0.278. The standard InChI is InChI=1S/C33H38FN7O/c1-20(2)40-19-36-28-17-27(38-31(30(28)40)37-26-10-11-35-18-25(26)34)21-8-9-24-29(14-21)41(32(42)33(24,3)4)23-15-22(16-23)39-12-6-5-7-13-39/h8-11,14,17-20,22-23H,5-7,12-13,15-16H2,1-4H3,(H,35,37,38)/i5D2,6D2,7D2,12D2,13D2. The van der Waals surface area contributed by atoms with Gasteiger partial charge in [0.1, 0.15) is 5.52 Å². The first-order valence-electron chi connectivity index (χ1n) is 19.0. The Morgan fingerprint density at radius 2 is 1.88 bits per heavy atom. The SMILES string of the molecule is [2H]C1([2H])N(C2CC(N3C(=O)C(C)(C)c4ccc(-c5cc6ncn(C(C)C)c6c(Nc6ccncc6F)n5)cc43)C2)C([2H])([2H])C([2H])([2H])C([2H])([2H])C1([2H])[2H]. The lowest BCUT2D eigenvalue weighted by Crippen LogP contribution is -2.57. The van der Waals surface area contributed by atoms with Crippen LogP contribution in [0.3, 0.4) is 0 Å². The third-order valence-corrected chi connectivity index (χ3v) is 8.41. The Morgan fingerprint density at radius 3 is 2.62 bits per heavy atom. The highest BCUT2D eigenvalue weighted by Crippen LogP contribution is 2.48. The molecule has 5 heterocycles. The summed E-state index contributed by atoms with van der Waals surface area (Å²) in [5.41, 5.74) is 2.86. The highest BCUT2D eigenvalue weighted by molar-refractivity contribution is 6.08. The van der Waals surface area contributed by atoms with Crippen molar-refractivity contribution in [3.05, 3.63) is 60.4 Å². The van der Waals surface area contributed by atoms with E-state index in [9.17, 15) is 9.18 Å². The summed E-state index contributed by atoms with van der Waals surface area (Å²) in [7, 11) is 0. The smallest absolute Gasteiger partial charge is 0.237 e. The summed E-state index contributed by atoms with van der Waals surface area (Å²) >= 11 is 0. The van der Waals surface area contributed by atoms with Crippen molar-refractivity contribution < 1.29 is 22.9 Å². The number of aromatic nitrogens is 4. The fraction of sp³-hybridized carbons (Fsp3) is 0.455. The normalized spacial score (nSPS) is 31.6. The van der Waals surface area contributed by atoms with Crippen molar-refractivity contribution in [2.75, 3.05) is 23.2 Å². The molecule has 2 fully saturated rings. The van der Waals surface area contributed by atoms with Crippen molar-refractivity contribution in [3.8, 4) is 11.3 Å². The summed E-state index contributed by atoms with van der Waals surface area (Å²) in [4.78, 5) is 29.4. The van der Waals surface area contributed by atoms with Gasteiger partial charge in [0.15, 0.2) is 11.6 Å². The van der Waals surface area contributed by atoms with Gasteiger partial charge in [-0.05, 0) is 90.0 Å². The Labute approximate surface area is 260 Å². The molecule has 3 aromatic heterocycles. The molecule has 1 aromatic carbocycles. The number of carbonyl (C=O) groups excluding carboxylic acids is 1. The zero-order valence-electron chi connectivity index (χ0n) is 33.7. The summed E-state index contributed by atoms with van der Waals surface area (Å²) in [6.45, 7) is 1.10. The number of halogens is 1. The molecule has 9 heteroatoms. The van der Waals surface area contributed by atoms with Crippen LogP contribution in [-0.2, 0) is 10.2 Å². The van der Waals surface area contributed by atoms with Crippen LogP contribution in [-0.4, -0.2) is 55.4 Å². The third kappa shape index (κ3) is 4.37. The van der Waals surface area contributed by atoms with E-state index in [1.54, 1.807) is 31.1 Å². The van der Waals surface area contributed by atoms with Crippen LogP contribution in [0, 0.1) is 5.82 Å². The second kappa shape index (κ2) is 10.2. The molecule has 42 heavy (non-hydrogen) atoms. The predicted octanol–water partition coefficient (Wildman–Crippen LogP) is 6.60. The summed E-state index contributed by atoms with van der Waals surface area (Å²) in [6.07, 6.45) is -6.10. The van der Waals surface area contributed by atoms with Gasteiger partial charge >= 0.3 is 0 Å². The number of hydrogen-bond acceptors (Lipinski definition) is 6. The minimum atomic E-state index is -3.50. The molecule has 0 atom stereocenters. The van der Waals surface area contributed by atoms with E-state index in [0.717, 1.165) is 11.8 Å². The van der Waals surface area contributed by atoms with Crippen LogP contribution in [0.4, 0.5) is 21.6 Å². The van der Waals surface area contributed by atoms with Crippen LogP contribution in [0.15, 0.2) is 49.1 Å². The van der Waals surface area contributed by atoms with Crippen molar-refractivity contribution in [1.29, 1.82) is 0 Å². The van der Waals surface area contributed by atoms with Gasteiger partial charge in [-0.3, -0.25) is 9.78 Å². The largest absolute Gasteiger partial charge is 0.336 e. The molecular weight excluding hydrogens is 529 g/mol. The van der Waals surface area contributed by atoms with Crippen molar-refractivity contribution >= 4 is 34.1 Å². The molecule has 8 nitrogen and oxygen atoms in total. The molecule has 1 saturated carbocycles. The summed E-state index contributed by atoms with van der Waals surface area (Å²) in [5, 5.41) is 3.10. The predicted molar refractivity (Wildman–Crippen MR) is 164 cm³/mol. The molecule has 0 spiro atoms. The number of fused-ring (bicyclic) bond motifs is 2. The average molecular weight is 578 g/mol. The molecule has 0 unspecified atom stereocenters. The number of amides is 1. The van der Waals surface area contributed by atoms with E-state index in [-0.39, 0.29) is 30.5 Å². The number of imidazole rings is 1. The van der Waals surface area contributed by atoms with Crippen LogP contribution < -0.4 is 10.2 Å². The third-order valence-electron chi connectivity index (χ3n) is 8.41. The molecule has 7 rings (SSSR count). The molecule has 1 N–H and O–H groups in total. The number of carbonyl (C=O) groups is 1. The van der Waals surface area contributed by atoms with Gasteiger partial charge in [0.05, 0.1) is 34.8 Å². The number of anilines is 3. The molecule has 218 valence electrons. The van der Waals surface area contributed by atoms with Crippen molar-refractivity contribution in [3.63, 3.8) is 0 Å². The molecular formula is C33H38FN7O. The van der Waals surface area contributed by atoms with E-state index in [4.69, 9.17) is 18.7 Å². The van der Waals surface area contributed by atoms with Gasteiger partial charge in [0.25, 0.3) is 0 Å². The number of nitrogens with zero attached hydrogens (tertiary/aromatic N) is 6. The molecule has 3 aliphatic rings. The summed E-state index contributed by atoms with van der Waals surface area (Å²) < 4.78 is 101. The highest BCUT2D eigenvalue weighted by atomic mass is 19.1. The maximum absolute atomic E-state index is 14.7. The minimum absolute atomic E-state index is 0.0118. The lowest BCUT2D eigenvalue weighted by atomic mass is 9.82. The highest BCUT2D eigenvalue weighted by Gasteiger charge is 2.50. The van der Waals surface area contributed by atoms with Crippen molar-refractivity contribution in [2.45, 2.75) is 83.2 Å². The Morgan fingerprint density at radius 1 is 1.10 bits per heavy atom. The van der Waals surface area contributed by atoms with Gasteiger partial charge in [-0.1, -0.05) is 18.5 Å².